The summed E-state index contributed by atoms with van der Waals surface area (Å²) in [5.41, 5.74) is 2.50. The Labute approximate surface area is 145 Å². The van der Waals surface area contributed by atoms with Gasteiger partial charge in [0.15, 0.2) is 17.5 Å². The lowest BCUT2D eigenvalue weighted by Crippen LogP contribution is -2.19. The Morgan fingerprint density at radius 1 is 0.880 bits per heavy atom. The molecule has 25 heavy (non-hydrogen) atoms. The molecular weight excluding hydrogens is 312 g/mol. The number of nitrogens with zero attached hydrogens (tertiary/aromatic N) is 5. The van der Waals surface area contributed by atoms with Crippen LogP contribution in [0.25, 0.3) is 23.0 Å². The fourth-order valence-electron chi connectivity index (χ4n) is 2.46. The number of nitrogens with one attached hydrogen (secondary N) is 1. The Morgan fingerprint density at radius 2 is 1.72 bits per heavy atom. The summed E-state index contributed by atoms with van der Waals surface area (Å²) in [6.45, 7) is 2.00. The second-order valence-electron chi connectivity index (χ2n) is 5.66. The van der Waals surface area contributed by atoms with Gasteiger partial charge < -0.3 is 5.32 Å². The van der Waals surface area contributed by atoms with Crippen LogP contribution in [0.3, 0.4) is 0 Å². The van der Waals surface area contributed by atoms with Crippen molar-refractivity contribution >= 4 is 0 Å². The zero-order valence-corrected chi connectivity index (χ0v) is 13.7. The second-order valence-corrected chi connectivity index (χ2v) is 5.66. The van der Waals surface area contributed by atoms with Crippen molar-refractivity contribution in [2.24, 2.45) is 0 Å². The molecule has 1 atom stereocenters. The standard InChI is InChI=1S/C19H16N6/c1-13-8-9-16(22-12-13)19-24-17(14-6-2-4-10-20-14)23-18(25-19)15-7-3-5-11-21-15/h2-12,14,20H,1H3. The van der Waals surface area contributed by atoms with Crippen LogP contribution in [0.4, 0.5) is 0 Å². The summed E-state index contributed by atoms with van der Waals surface area (Å²) >= 11 is 0. The molecule has 0 radical (unpaired) electrons. The third-order valence-corrected chi connectivity index (χ3v) is 3.75. The molecule has 0 aromatic carbocycles. The minimum atomic E-state index is -0.111. The number of allylic oxidation sites excluding steroid dienone is 2. The van der Waals surface area contributed by atoms with E-state index in [1.165, 1.54) is 0 Å². The van der Waals surface area contributed by atoms with Crippen LogP contribution in [0, 0.1) is 6.92 Å². The van der Waals surface area contributed by atoms with Gasteiger partial charge in [0.05, 0.1) is 0 Å². The predicted molar refractivity (Wildman–Crippen MR) is 95.2 cm³/mol. The molecule has 4 heterocycles. The summed E-state index contributed by atoms with van der Waals surface area (Å²) in [6, 6.07) is 9.46. The molecule has 6 nitrogen and oxygen atoms in total. The number of rotatable bonds is 3. The van der Waals surface area contributed by atoms with Gasteiger partial charge in [-0.05, 0) is 43.0 Å². The van der Waals surface area contributed by atoms with E-state index in [-0.39, 0.29) is 6.04 Å². The third-order valence-electron chi connectivity index (χ3n) is 3.75. The van der Waals surface area contributed by atoms with Crippen LogP contribution in [-0.4, -0.2) is 24.9 Å². The molecular formula is C19H16N6. The van der Waals surface area contributed by atoms with Gasteiger partial charge in [-0.15, -0.1) is 0 Å². The smallest absolute Gasteiger partial charge is 0.182 e. The average Bonchev–Trinajstić information content (AvgIpc) is 2.69. The van der Waals surface area contributed by atoms with Gasteiger partial charge in [0, 0.05) is 12.4 Å². The highest BCUT2D eigenvalue weighted by Crippen LogP contribution is 2.21. The monoisotopic (exact) mass is 328 g/mol. The van der Waals surface area contributed by atoms with Gasteiger partial charge in [0.2, 0.25) is 0 Å². The Kier molecular flexibility index (Phi) is 4.00. The maximum atomic E-state index is 4.62. The number of hydrogen-bond donors (Lipinski definition) is 1. The summed E-state index contributed by atoms with van der Waals surface area (Å²) in [5, 5.41) is 3.24. The summed E-state index contributed by atoms with van der Waals surface area (Å²) in [4.78, 5) is 22.6. The van der Waals surface area contributed by atoms with Crippen molar-refractivity contribution in [1.29, 1.82) is 0 Å². The zero-order valence-electron chi connectivity index (χ0n) is 13.7. The number of hydrogen-bond acceptors (Lipinski definition) is 6. The fourth-order valence-corrected chi connectivity index (χ4v) is 2.46. The molecule has 122 valence electrons. The zero-order chi connectivity index (χ0) is 17.1. The maximum Gasteiger partial charge on any atom is 0.182 e. The molecule has 1 unspecified atom stereocenters. The van der Waals surface area contributed by atoms with E-state index in [0.29, 0.717) is 28.9 Å². The Hall–Kier alpha value is -3.41. The van der Waals surface area contributed by atoms with Gasteiger partial charge in [-0.3, -0.25) is 9.97 Å². The molecule has 3 aromatic rings. The van der Waals surface area contributed by atoms with Gasteiger partial charge in [-0.1, -0.05) is 24.3 Å². The summed E-state index contributed by atoms with van der Waals surface area (Å²) in [5.74, 6) is 1.71. The molecule has 1 aliphatic rings. The normalized spacial score (nSPS) is 15.8. The average molecular weight is 328 g/mol. The minimum absolute atomic E-state index is 0.111. The third kappa shape index (κ3) is 3.28. The lowest BCUT2D eigenvalue weighted by atomic mass is 10.2. The number of aryl methyl sites for hydroxylation is 1. The van der Waals surface area contributed by atoms with E-state index >= 15 is 0 Å². The molecule has 0 fully saturated rings. The first-order chi connectivity index (χ1) is 12.3. The maximum absolute atomic E-state index is 4.62. The van der Waals surface area contributed by atoms with Crippen LogP contribution in [0.5, 0.6) is 0 Å². The highest BCUT2D eigenvalue weighted by Gasteiger charge is 2.17. The summed E-state index contributed by atoms with van der Waals surface area (Å²) in [6.07, 6.45) is 11.3. The van der Waals surface area contributed by atoms with Crippen LogP contribution < -0.4 is 5.32 Å². The van der Waals surface area contributed by atoms with Gasteiger partial charge in [-0.2, -0.15) is 0 Å². The molecule has 0 aliphatic carbocycles. The molecule has 6 heteroatoms. The largest absolute Gasteiger partial charge is 0.378 e. The van der Waals surface area contributed by atoms with Crippen molar-refractivity contribution in [2.45, 2.75) is 13.0 Å². The molecule has 4 rings (SSSR count). The SMILES string of the molecule is Cc1ccc(-c2nc(-c3ccccn3)nc(C3C=CC=CN3)n2)nc1. The number of pyridine rings is 2. The molecule has 1 aliphatic heterocycles. The first-order valence-electron chi connectivity index (χ1n) is 7.99. The van der Waals surface area contributed by atoms with Crippen LogP contribution in [0.15, 0.2) is 67.2 Å². The van der Waals surface area contributed by atoms with Crippen molar-refractivity contribution in [1.82, 2.24) is 30.2 Å². The van der Waals surface area contributed by atoms with Gasteiger partial charge >= 0.3 is 0 Å². The van der Waals surface area contributed by atoms with E-state index < -0.39 is 0 Å². The Morgan fingerprint density at radius 3 is 2.36 bits per heavy atom. The lowest BCUT2D eigenvalue weighted by molar-refractivity contribution is 0.686. The Balaban J connectivity index is 1.84. The molecule has 0 bridgehead atoms. The fraction of sp³-hybridized carbons (Fsp3) is 0.105. The van der Waals surface area contributed by atoms with Crippen molar-refractivity contribution in [3.05, 3.63) is 78.5 Å². The van der Waals surface area contributed by atoms with Crippen molar-refractivity contribution in [3.63, 3.8) is 0 Å². The van der Waals surface area contributed by atoms with Gasteiger partial charge in [-0.25, -0.2) is 15.0 Å². The van der Waals surface area contributed by atoms with Crippen LogP contribution in [-0.2, 0) is 0 Å². The first-order valence-corrected chi connectivity index (χ1v) is 7.99. The van der Waals surface area contributed by atoms with E-state index in [4.69, 9.17) is 0 Å². The van der Waals surface area contributed by atoms with Crippen molar-refractivity contribution in [3.8, 4) is 23.0 Å². The van der Waals surface area contributed by atoms with Crippen LogP contribution in [0.1, 0.15) is 17.4 Å². The van der Waals surface area contributed by atoms with Gasteiger partial charge in [0.25, 0.3) is 0 Å². The van der Waals surface area contributed by atoms with Crippen molar-refractivity contribution < 1.29 is 0 Å². The summed E-state index contributed by atoms with van der Waals surface area (Å²) < 4.78 is 0. The van der Waals surface area contributed by atoms with E-state index in [9.17, 15) is 0 Å². The number of dihydropyridines is 1. The van der Waals surface area contributed by atoms with E-state index in [0.717, 1.165) is 5.56 Å². The molecule has 3 aromatic heterocycles. The quantitative estimate of drug-likeness (QED) is 0.796. The van der Waals surface area contributed by atoms with E-state index in [1.807, 2.05) is 61.7 Å². The molecule has 0 amide bonds. The molecule has 0 spiro atoms. The van der Waals surface area contributed by atoms with Crippen LogP contribution >= 0.6 is 0 Å². The van der Waals surface area contributed by atoms with Gasteiger partial charge in [0.1, 0.15) is 17.4 Å². The molecule has 0 saturated heterocycles. The van der Waals surface area contributed by atoms with E-state index in [2.05, 4.69) is 30.2 Å². The Bertz CT molecular complexity index is 932. The summed E-state index contributed by atoms with van der Waals surface area (Å²) in [7, 11) is 0. The molecule has 1 N–H and O–H groups in total. The van der Waals surface area contributed by atoms with Crippen LogP contribution in [0.2, 0.25) is 0 Å². The highest BCUT2D eigenvalue weighted by molar-refractivity contribution is 5.55. The topological polar surface area (TPSA) is 76.5 Å². The number of aromatic nitrogens is 5. The predicted octanol–water partition coefficient (Wildman–Crippen LogP) is 3.02. The van der Waals surface area contributed by atoms with Crippen molar-refractivity contribution in [2.75, 3.05) is 0 Å². The first kappa shape index (κ1) is 15.1. The highest BCUT2D eigenvalue weighted by atomic mass is 15.1. The minimum Gasteiger partial charge on any atom is -0.378 e. The molecule has 0 saturated carbocycles. The second kappa shape index (κ2) is 6.60. The lowest BCUT2D eigenvalue weighted by Gasteiger charge is -2.15. The van der Waals surface area contributed by atoms with E-state index in [1.54, 1.807) is 12.4 Å².